The summed E-state index contributed by atoms with van der Waals surface area (Å²) in [5.41, 5.74) is 3.11. The van der Waals surface area contributed by atoms with E-state index in [2.05, 4.69) is 15.6 Å². The highest BCUT2D eigenvalue weighted by molar-refractivity contribution is 6.01. The minimum Gasteiger partial charge on any atom is -0.392 e. The molecule has 1 aliphatic rings. The van der Waals surface area contributed by atoms with Crippen molar-refractivity contribution in [3.8, 4) is 0 Å². The summed E-state index contributed by atoms with van der Waals surface area (Å²) in [6.07, 6.45) is 0.530. The number of carbonyl (C=O) groups is 1. The first-order valence-electron chi connectivity index (χ1n) is 7.18. The highest BCUT2D eigenvalue weighted by Crippen LogP contribution is 2.26. The monoisotopic (exact) mass is 285 g/mol. The Bertz CT molecular complexity index is 681. The molecule has 5 heteroatoms. The van der Waals surface area contributed by atoms with Gasteiger partial charge in [0.1, 0.15) is 0 Å². The fourth-order valence-corrected chi connectivity index (χ4v) is 2.65. The second-order valence-corrected chi connectivity index (χ2v) is 5.56. The average Bonchev–Trinajstić information content (AvgIpc) is 2.43. The van der Waals surface area contributed by atoms with Crippen LogP contribution in [-0.4, -0.2) is 29.1 Å². The zero-order valence-corrected chi connectivity index (χ0v) is 12.0. The molecular weight excluding hydrogens is 266 g/mol. The van der Waals surface area contributed by atoms with E-state index in [4.69, 9.17) is 0 Å². The van der Waals surface area contributed by atoms with Crippen LogP contribution in [0.1, 0.15) is 17.7 Å². The van der Waals surface area contributed by atoms with Gasteiger partial charge in [-0.1, -0.05) is 12.1 Å². The van der Waals surface area contributed by atoms with Crippen molar-refractivity contribution in [2.45, 2.75) is 20.0 Å². The SMILES string of the molecule is Cc1cc(CO)c2cccc(NC(=O)CC3CNC3)c2n1. The lowest BCUT2D eigenvalue weighted by atomic mass is 9.99. The van der Waals surface area contributed by atoms with Gasteiger partial charge in [-0.2, -0.15) is 0 Å². The maximum Gasteiger partial charge on any atom is 0.224 e. The van der Waals surface area contributed by atoms with Crippen LogP contribution in [0.15, 0.2) is 24.3 Å². The number of nitrogens with one attached hydrogen (secondary N) is 2. The van der Waals surface area contributed by atoms with Crippen molar-refractivity contribution in [3.05, 3.63) is 35.5 Å². The summed E-state index contributed by atoms with van der Waals surface area (Å²) >= 11 is 0. The third-order valence-electron chi connectivity index (χ3n) is 3.84. The summed E-state index contributed by atoms with van der Waals surface area (Å²) in [4.78, 5) is 16.6. The minimum absolute atomic E-state index is 0.0165. The van der Waals surface area contributed by atoms with Crippen LogP contribution in [0.5, 0.6) is 0 Å². The molecule has 1 saturated heterocycles. The van der Waals surface area contributed by atoms with Crippen molar-refractivity contribution in [1.29, 1.82) is 0 Å². The molecule has 2 heterocycles. The molecule has 0 unspecified atom stereocenters. The summed E-state index contributed by atoms with van der Waals surface area (Å²) in [5.74, 6) is 0.450. The lowest BCUT2D eigenvalue weighted by Gasteiger charge is -2.26. The molecule has 5 nitrogen and oxygen atoms in total. The van der Waals surface area contributed by atoms with Crippen molar-refractivity contribution in [3.63, 3.8) is 0 Å². The third kappa shape index (κ3) is 2.89. The van der Waals surface area contributed by atoms with E-state index in [-0.39, 0.29) is 12.5 Å². The van der Waals surface area contributed by atoms with Gasteiger partial charge in [0.25, 0.3) is 0 Å². The Balaban J connectivity index is 1.90. The Kier molecular flexibility index (Phi) is 3.86. The van der Waals surface area contributed by atoms with Gasteiger partial charge in [0.2, 0.25) is 5.91 Å². The molecule has 1 aromatic heterocycles. The molecular formula is C16H19N3O2. The summed E-state index contributed by atoms with van der Waals surface area (Å²) in [6, 6.07) is 7.51. The number of hydrogen-bond donors (Lipinski definition) is 3. The van der Waals surface area contributed by atoms with E-state index in [1.165, 1.54) is 0 Å². The van der Waals surface area contributed by atoms with Crippen LogP contribution >= 0.6 is 0 Å². The molecule has 0 aliphatic carbocycles. The number of benzene rings is 1. The third-order valence-corrected chi connectivity index (χ3v) is 3.84. The number of pyridine rings is 1. The van der Waals surface area contributed by atoms with Gasteiger partial charge in [-0.05, 0) is 43.6 Å². The molecule has 0 atom stereocenters. The van der Waals surface area contributed by atoms with Crippen molar-refractivity contribution in [1.82, 2.24) is 10.3 Å². The lowest BCUT2D eigenvalue weighted by molar-refractivity contribution is -0.117. The van der Waals surface area contributed by atoms with Gasteiger partial charge >= 0.3 is 0 Å². The molecule has 3 N–H and O–H groups in total. The largest absolute Gasteiger partial charge is 0.392 e. The molecule has 1 aliphatic heterocycles. The zero-order valence-electron chi connectivity index (χ0n) is 12.0. The summed E-state index contributed by atoms with van der Waals surface area (Å²) in [5, 5.41) is 16.5. The number of aromatic nitrogens is 1. The summed E-state index contributed by atoms with van der Waals surface area (Å²) in [6.45, 7) is 3.67. The van der Waals surface area contributed by atoms with E-state index in [1.807, 2.05) is 31.2 Å². The molecule has 0 radical (unpaired) electrons. The number of anilines is 1. The van der Waals surface area contributed by atoms with Crippen LogP contribution in [0.4, 0.5) is 5.69 Å². The number of aliphatic hydroxyl groups is 1. The molecule has 110 valence electrons. The predicted molar refractivity (Wildman–Crippen MR) is 82.0 cm³/mol. The maximum atomic E-state index is 12.1. The van der Waals surface area contributed by atoms with Crippen LogP contribution in [0.25, 0.3) is 10.9 Å². The highest BCUT2D eigenvalue weighted by Gasteiger charge is 2.20. The Morgan fingerprint density at radius 3 is 2.95 bits per heavy atom. The maximum absolute atomic E-state index is 12.1. The standard InChI is InChI=1S/C16H19N3O2/c1-10-5-12(9-20)13-3-2-4-14(16(13)18-10)19-15(21)6-11-7-17-8-11/h2-5,11,17,20H,6-9H2,1H3,(H,19,21). The highest BCUT2D eigenvalue weighted by atomic mass is 16.3. The number of fused-ring (bicyclic) bond motifs is 1. The number of nitrogens with zero attached hydrogens (tertiary/aromatic N) is 1. The van der Waals surface area contributed by atoms with Gasteiger partial charge in [0.15, 0.2) is 0 Å². The van der Waals surface area contributed by atoms with Crippen molar-refractivity contribution in [2.75, 3.05) is 18.4 Å². The number of aryl methyl sites for hydroxylation is 1. The van der Waals surface area contributed by atoms with E-state index in [9.17, 15) is 9.90 Å². The van der Waals surface area contributed by atoms with E-state index in [0.29, 0.717) is 18.0 Å². The van der Waals surface area contributed by atoms with Gasteiger partial charge < -0.3 is 15.7 Å². The number of carbonyl (C=O) groups excluding carboxylic acids is 1. The Morgan fingerprint density at radius 1 is 1.48 bits per heavy atom. The van der Waals surface area contributed by atoms with E-state index < -0.39 is 0 Å². The molecule has 21 heavy (non-hydrogen) atoms. The lowest BCUT2D eigenvalue weighted by Crippen LogP contribution is -2.43. The van der Waals surface area contributed by atoms with Crippen LogP contribution in [0.2, 0.25) is 0 Å². The van der Waals surface area contributed by atoms with Gasteiger partial charge in [-0.3, -0.25) is 9.78 Å². The quantitative estimate of drug-likeness (QED) is 0.797. The van der Waals surface area contributed by atoms with Gasteiger partial charge in [0, 0.05) is 17.5 Å². The van der Waals surface area contributed by atoms with Gasteiger partial charge in [-0.15, -0.1) is 0 Å². The average molecular weight is 285 g/mol. The Morgan fingerprint density at radius 2 is 2.29 bits per heavy atom. The van der Waals surface area contributed by atoms with Crippen LogP contribution in [0, 0.1) is 12.8 Å². The predicted octanol–water partition coefficient (Wildman–Crippen LogP) is 1.58. The normalized spacial score (nSPS) is 15.0. The molecule has 0 spiro atoms. The van der Waals surface area contributed by atoms with Gasteiger partial charge in [-0.25, -0.2) is 0 Å². The van der Waals surface area contributed by atoms with E-state index in [1.54, 1.807) is 0 Å². The summed E-state index contributed by atoms with van der Waals surface area (Å²) < 4.78 is 0. The van der Waals surface area contributed by atoms with Crippen LogP contribution < -0.4 is 10.6 Å². The Hall–Kier alpha value is -1.98. The van der Waals surface area contributed by atoms with Crippen molar-refractivity contribution >= 4 is 22.5 Å². The number of rotatable bonds is 4. The van der Waals surface area contributed by atoms with Crippen molar-refractivity contribution < 1.29 is 9.90 Å². The second-order valence-electron chi connectivity index (χ2n) is 5.56. The summed E-state index contributed by atoms with van der Waals surface area (Å²) in [7, 11) is 0. The Labute approximate surface area is 123 Å². The van der Waals surface area contributed by atoms with Crippen LogP contribution in [-0.2, 0) is 11.4 Å². The molecule has 2 aromatic rings. The minimum atomic E-state index is -0.0367. The number of hydrogen-bond acceptors (Lipinski definition) is 4. The van der Waals surface area contributed by atoms with Crippen molar-refractivity contribution in [2.24, 2.45) is 5.92 Å². The molecule has 0 bridgehead atoms. The molecule has 1 fully saturated rings. The molecule has 1 amide bonds. The number of para-hydroxylation sites is 1. The van der Waals surface area contributed by atoms with E-state index >= 15 is 0 Å². The smallest absolute Gasteiger partial charge is 0.224 e. The fourth-order valence-electron chi connectivity index (χ4n) is 2.65. The van der Waals surface area contributed by atoms with Gasteiger partial charge in [0.05, 0.1) is 17.8 Å². The first kappa shape index (κ1) is 14.0. The second kappa shape index (κ2) is 5.79. The van der Waals surface area contributed by atoms with E-state index in [0.717, 1.165) is 35.2 Å². The van der Waals surface area contributed by atoms with Crippen LogP contribution in [0.3, 0.4) is 0 Å². The first-order chi connectivity index (χ1) is 10.2. The topological polar surface area (TPSA) is 74.2 Å². The molecule has 1 aromatic carbocycles. The number of amides is 1. The first-order valence-corrected chi connectivity index (χ1v) is 7.18. The molecule has 0 saturated carbocycles. The molecule has 3 rings (SSSR count). The number of aliphatic hydroxyl groups excluding tert-OH is 1. The zero-order chi connectivity index (χ0) is 14.8. The fraction of sp³-hybridized carbons (Fsp3) is 0.375.